The van der Waals surface area contributed by atoms with E-state index in [9.17, 15) is 4.79 Å². The van der Waals surface area contributed by atoms with Crippen molar-refractivity contribution in [2.75, 3.05) is 40.0 Å². The van der Waals surface area contributed by atoms with Crippen LogP contribution >= 0.6 is 0 Å². The first-order chi connectivity index (χ1) is 12.7. The molecule has 144 valence electrons. The van der Waals surface area contributed by atoms with Crippen LogP contribution in [0.1, 0.15) is 32.1 Å². The van der Waals surface area contributed by atoms with Gasteiger partial charge >= 0.3 is 6.03 Å². The molecule has 0 radical (unpaired) electrons. The van der Waals surface area contributed by atoms with Gasteiger partial charge in [-0.05, 0) is 62.3 Å². The number of carbonyl (C=O) groups excluding carboxylic acids is 1. The van der Waals surface area contributed by atoms with E-state index >= 15 is 0 Å². The quantitative estimate of drug-likeness (QED) is 0.845. The maximum Gasteiger partial charge on any atom is 0.317 e. The first-order valence-corrected chi connectivity index (χ1v) is 9.66. The molecular weight excluding hydrogens is 332 g/mol. The molecule has 1 aromatic carbocycles. The molecule has 2 saturated heterocycles. The summed E-state index contributed by atoms with van der Waals surface area (Å²) in [4.78, 5) is 14.2. The van der Waals surface area contributed by atoms with E-state index in [-0.39, 0.29) is 12.1 Å². The maximum absolute atomic E-state index is 12.3. The summed E-state index contributed by atoms with van der Waals surface area (Å²) >= 11 is 0. The van der Waals surface area contributed by atoms with Gasteiger partial charge in [-0.15, -0.1) is 0 Å². The molecule has 2 aliphatic heterocycles. The van der Waals surface area contributed by atoms with Gasteiger partial charge in [-0.2, -0.15) is 0 Å². The Morgan fingerprint density at radius 2 is 1.88 bits per heavy atom. The van der Waals surface area contributed by atoms with Crippen molar-refractivity contribution >= 4 is 6.03 Å². The predicted molar refractivity (Wildman–Crippen MR) is 99.8 cm³/mol. The van der Waals surface area contributed by atoms with Crippen molar-refractivity contribution in [2.24, 2.45) is 5.92 Å². The van der Waals surface area contributed by atoms with Gasteiger partial charge in [-0.1, -0.05) is 0 Å². The van der Waals surface area contributed by atoms with Crippen LogP contribution in [0.15, 0.2) is 24.3 Å². The molecule has 2 aliphatic rings. The predicted octanol–water partition coefficient (Wildman–Crippen LogP) is 3.06. The van der Waals surface area contributed by atoms with Crippen molar-refractivity contribution in [1.29, 1.82) is 0 Å². The number of amides is 2. The second-order valence-electron chi connectivity index (χ2n) is 7.09. The van der Waals surface area contributed by atoms with Gasteiger partial charge in [0.05, 0.1) is 19.8 Å². The minimum Gasteiger partial charge on any atom is -0.497 e. The Hall–Kier alpha value is -1.95. The Morgan fingerprint density at radius 1 is 1.15 bits per heavy atom. The number of likely N-dealkylation sites (tertiary alicyclic amines) is 1. The largest absolute Gasteiger partial charge is 0.497 e. The zero-order chi connectivity index (χ0) is 18.2. The number of nitrogens with one attached hydrogen (secondary N) is 1. The Labute approximate surface area is 155 Å². The molecular formula is C20H30N2O4. The summed E-state index contributed by atoms with van der Waals surface area (Å²) in [6.45, 7) is 3.71. The van der Waals surface area contributed by atoms with Gasteiger partial charge in [-0.25, -0.2) is 4.79 Å². The number of piperidine rings is 1. The highest BCUT2D eigenvalue weighted by atomic mass is 16.5. The van der Waals surface area contributed by atoms with E-state index in [0.717, 1.165) is 56.9 Å². The first kappa shape index (κ1) is 18.8. The third-order valence-corrected chi connectivity index (χ3v) is 5.20. The van der Waals surface area contributed by atoms with E-state index in [0.29, 0.717) is 19.1 Å². The number of ether oxygens (including phenoxy) is 3. The minimum atomic E-state index is 0.0358. The highest BCUT2D eigenvalue weighted by Crippen LogP contribution is 2.21. The van der Waals surface area contributed by atoms with Crippen LogP contribution in [-0.2, 0) is 4.74 Å². The lowest BCUT2D eigenvalue weighted by Gasteiger charge is -2.32. The van der Waals surface area contributed by atoms with Crippen LogP contribution in [-0.4, -0.2) is 57.0 Å². The van der Waals surface area contributed by atoms with Gasteiger partial charge in [0.25, 0.3) is 0 Å². The topological polar surface area (TPSA) is 60.0 Å². The number of urea groups is 1. The lowest BCUT2D eigenvalue weighted by molar-refractivity contribution is 0.0174. The normalized spacial score (nSPS) is 21.3. The average Bonchev–Trinajstić information content (AvgIpc) is 2.72. The second kappa shape index (κ2) is 9.67. The Bertz CT molecular complexity index is 549. The molecule has 0 bridgehead atoms. The van der Waals surface area contributed by atoms with Crippen LogP contribution in [0.25, 0.3) is 0 Å². The summed E-state index contributed by atoms with van der Waals surface area (Å²) in [6.07, 6.45) is 5.51. The summed E-state index contributed by atoms with van der Waals surface area (Å²) in [7, 11) is 1.65. The molecule has 6 heteroatoms. The Kier molecular flexibility index (Phi) is 7.00. The molecule has 0 aromatic heterocycles. The lowest BCUT2D eigenvalue weighted by Crippen LogP contribution is -2.47. The maximum atomic E-state index is 12.3. The summed E-state index contributed by atoms with van der Waals surface area (Å²) in [5.74, 6) is 2.18. The lowest BCUT2D eigenvalue weighted by atomic mass is 9.98. The van der Waals surface area contributed by atoms with Crippen molar-refractivity contribution < 1.29 is 19.0 Å². The van der Waals surface area contributed by atoms with Gasteiger partial charge in [-0.3, -0.25) is 0 Å². The fraction of sp³-hybridized carbons (Fsp3) is 0.650. The number of nitrogens with zero attached hydrogens (tertiary/aromatic N) is 1. The van der Waals surface area contributed by atoms with E-state index in [1.54, 1.807) is 7.11 Å². The molecule has 0 spiro atoms. The Morgan fingerprint density at radius 3 is 2.54 bits per heavy atom. The fourth-order valence-corrected chi connectivity index (χ4v) is 3.47. The zero-order valence-corrected chi connectivity index (χ0v) is 15.6. The molecule has 2 heterocycles. The third-order valence-electron chi connectivity index (χ3n) is 5.20. The molecule has 1 N–H and O–H groups in total. The van der Waals surface area contributed by atoms with Crippen molar-refractivity contribution in [3.63, 3.8) is 0 Å². The summed E-state index contributed by atoms with van der Waals surface area (Å²) in [6, 6.07) is 7.69. The molecule has 2 fully saturated rings. The second-order valence-corrected chi connectivity index (χ2v) is 7.09. The van der Waals surface area contributed by atoms with E-state index in [2.05, 4.69) is 5.32 Å². The highest BCUT2D eigenvalue weighted by molar-refractivity contribution is 5.74. The smallest absolute Gasteiger partial charge is 0.317 e. The van der Waals surface area contributed by atoms with Crippen LogP contribution in [0.4, 0.5) is 4.79 Å². The fourth-order valence-electron chi connectivity index (χ4n) is 3.47. The number of methoxy groups -OCH3 is 1. The molecule has 1 aromatic rings. The van der Waals surface area contributed by atoms with Crippen LogP contribution in [0.2, 0.25) is 0 Å². The number of carbonyl (C=O) groups is 1. The van der Waals surface area contributed by atoms with Gasteiger partial charge in [0, 0.05) is 26.2 Å². The molecule has 0 aliphatic carbocycles. The van der Waals surface area contributed by atoms with Gasteiger partial charge in [0.2, 0.25) is 0 Å². The first-order valence-electron chi connectivity index (χ1n) is 9.66. The minimum absolute atomic E-state index is 0.0358. The van der Waals surface area contributed by atoms with Gasteiger partial charge < -0.3 is 24.4 Å². The van der Waals surface area contributed by atoms with E-state index in [1.807, 2.05) is 29.2 Å². The molecule has 1 atom stereocenters. The van der Waals surface area contributed by atoms with E-state index < -0.39 is 0 Å². The zero-order valence-electron chi connectivity index (χ0n) is 15.6. The van der Waals surface area contributed by atoms with Crippen LogP contribution in [0, 0.1) is 5.92 Å². The molecule has 1 unspecified atom stereocenters. The van der Waals surface area contributed by atoms with Crippen LogP contribution < -0.4 is 14.8 Å². The molecule has 2 amide bonds. The summed E-state index contributed by atoms with van der Waals surface area (Å²) in [5, 5.41) is 3.02. The van der Waals surface area contributed by atoms with E-state index in [4.69, 9.17) is 14.2 Å². The highest BCUT2D eigenvalue weighted by Gasteiger charge is 2.24. The van der Waals surface area contributed by atoms with Crippen LogP contribution in [0.3, 0.4) is 0 Å². The average molecular weight is 362 g/mol. The molecule has 26 heavy (non-hydrogen) atoms. The molecule has 3 rings (SSSR count). The van der Waals surface area contributed by atoms with Crippen molar-refractivity contribution in [3.05, 3.63) is 24.3 Å². The monoisotopic (exact) mass is 362 g/mol. The third kappa shape index (κ3) is 5.53. The number of rotatable bonds is 6. The number of benzene rings is 1. The number of hydrogen-bond donors (Lipinski definition) is 1. The summed E-state index contributed by atoms with van der Waals surface area (Å²) < 4.78 is 16.7. The van der Waals surface area contributed by atoms with Crippen molar-refractivity contribution in [1.82, 2.24) is 10.2 Å². The van der Waals surface area contributed by atoms with Crippen LogP contribution in [0.5, 0.6) is 11.5 Å². The van der Waals surface area contributed by atoms with Gasteiger partial charge in [0.15, 0.2) is 0 Å². The number of hydrogen-bond acceptors (Lipinski definition) is 4. The summed E-state index contributed by atoms with van der Waals surface area (Å²) in [5.41, 5.74) is 0. The Balaban J connectivity index is 1.33. The van der Waals surface area contributed by atoms with Crippen molar-refractivity contribution in [2.45, 2.75) is 38.2 Å². The van der Waals surface area contributed by atoms with Gasteiger partial charge in [0.1, 0.15) is 11.5 Å². The SMILES string of the molecule is COc1ccc(OCC2CCN(C(=O)NCC3CCCCO3)CC2)cc1. The molecule has 0 saturated carbocycles. The standard InChI is InChI=1S/C20H30N2O4/c1-24-17-5-7-18(8-6-17)26-15-16-9-11-22(12-10-16)20(23)21-14-19-4-2-3-13-25-19/h5-8,16,19H,2-4,9-15H2,1H3,(H,21,23). The molecule has 6 nitrogen and oxygen atoms in total. The van der Waals surface area contributed by atoms with E-state index in [1.165, 1.54) is 6.42 Å². The van der Waals surface area contributed by atoms with Crippen molar-refractivity contribution in [3.8, 4) is 11.5 Å².